The van der Waals surface area contributed by atoms with E-state index in [1.807, 2.05) is 13.0 Å². The van der Waals surface area contributed by atoms with Crippen LogP contribution in [0.2, 0.25) is 18.6 Å². The minimum Gasteiger partial charge on any atom is -0.300 e. The molecule has 1 rings (SSSR count). The molecule has 0 aromatic heterocycles. The Hall–Kier alpha value is -0.893. The van der Waals surface area contributed by atoms with E-state index in [0.29, 0.717) is 12.2 Å². The number of Topliss-reactive ketones (excluding diaryl/α,β-unsaturated/α-hetero) is 1. The van der Waals surface area contributed by atoms with Gasteiger partial charge < -0.3 is 0 Å². The van der Waals surface area contributed by atoms with Crippen LogP contribution in [0.4, 0.5) is 0 Å². The minimum absolute atomic E-state index is 0.264. The van der Waals surface area contributed by atoms with E-state index in [4.69, 9.17) is 0 Å². The first-order valence-corrected chi connectivity index (χ1v) is 9.20. The molecule has 0 aliphatic rings. The molecule has 1 atom stereocenters. The van der Waals surface area contributed by atoms with Crippen LogP contribution >= 0.6 is 0 Å². The second-order valence-electron chi connectivity index (χ2n) is 4.87. The fourth-order valence-corrected chi connectivity index (χ4v) is 5.94. The lowest BCUT2D eigenvalue weighted by atomic mass is 10.2. The van der Waals surface area contributed by atoms with Crippen molar-refractivity contribution in [2.75, 3.05) is 0 Å². The Bertz CT molecular complexity index is 343. The van der Waals surface area contributed by atoms with Gasteiger partial charge in [-0.05, 0) is 6.42 Å². The van der Waals surface area contributed by atoms with Gasteiger partial charge in [0.1, 0.15) is 5.78 Å². The molecule has 0 radical (unpaired) electrons. The quantitative estimate of drug-likeness (QED) is 0.714. The summed E-state index contributed by atoms with van der Waals surface area (Å²) in [6.07, 6.45) is 1.64. The number of ketones is 1. The van der Waals surface area contributed by atoms with Gasteiger partial charge in [-0.2, -0.15) is 0 Å². The van der Waals surface area contributed by atoms with Gasteiger partial charge >= 0.3 is 0 Å². The normalized spacial score (nSPS) is 13.5. The van der Waals surface area contributed by atoms with Crippen LogP contribution in [-0.4, -0.2) is 13.9 Å². The number of carbonyl (C=O) groups is 1. The van der Waals surface area contributed by atoms with E-state index >= 15 is 0 Å². The average molecular weight is 234 g/mol. The first kappa shape index (κ1) is 13.2. The van der Waals surface area contributed by atoms with Crippen LogP contribution in [0.3, 0.4) is 0 Å². The van der Waals surface area contributed by atoms with Gasteiger partial charge in [-0.25, -0.2) is 0 Å². The molecular weight excluding hydrogens is 212 g/mol. The van der Waals surface area contributed by atoms with Crippen molar-refractivity contribution in [3.8, 4) is 0 Å². The molecule has 2 heteroatoms. The van der Waals surface area contributed by atoms with Gasteiger partial charge in [-0.15, -0.1) is 0 Å². The summed E-state index contributed by atoms with van der Waals surface area (Å²) in [7, 11) is -1.64. The van der Waals surface area contributed by atoms with Crippen molar-refractivity contribution in [1.29, 1.82) is 0 Å². The lowest BCUT2D eigenvalue weighted by Crippen LogP contribution is -2.48. The molecular formula is C14H22OSi. The molecule has 0 amide bonds. The van der Waals surface area contributed by atoms with Crippen LogP contribution in [0.1, 0.15) is 26.7 Å². The third-order valence-electron chi connectivity index (χ3n) is 3.53. The van der Waals surface area contributed by atoms with E-state index in [1.165, 1.54) is 5.19 Å². The van der Waals surface area contributed by atoms with Crippen molar-refractivity contribution in [1.82, 2.24) is 0 Å². The summed E-state index contributed by atoms with van der Waals surface area (Å²) in [6, 6.07) is 10.5. The molecule has 0 spiro atoms. The zero-order valence-corrected chi connectivity index (χ0v) is 11.8. The van der Waals surface area contributed by atoms with E-state index in [2.05, 4.69) is 44.3 Å². The van der Waals surface area contributed by atoms with E-state index in [-0.39, 0.29) is 5.54 Å². The van der Waals surface area contributed by atoms with Gasteiger partial charge in [0.2, 0.25) is 0 Å². The van der Waals surface area contributed by atoms with Gasteiger partial charge in [0.05, 0.1) is 8.07 Å². The third-order valence-corrected chi connectivity index (χ3v) is 7.83. The van der Waals surface area contributed by atoms with Crippen molar-refractivity contribution in [3.63, 3.8) is 0 Å². The van der Waals surface area contributed by atoms with Crippen LogP contribution < -0.4 is 5.19 Å². The maximum absolute atomic E-state index is 12.0. The van der Waals surface area contributed by atoms with E-state index < -0.39 is 8.07 Å². The van der Waals surface area contributed by atoms with Gasteiger partial charge in [-0.3, -0.25) is 4.79 Å². The molecule has 1 aromatic rings. The Balaban J connectivity index is 3.04. The third kappa shape index (κ3) is 2.61. The SMILES string of the molecule is CCC(=O)[C@H](CC)[Si](C)(C)c1ccccc1. The second kappa shape index (κ2) is 5.44. The van der Waals surface area contributed by atoms with Gasteiger partial charge in [-0.1, -0.05) is 62.5 Å². The standard InChI is InChI=1S/C14H22OSi/c1-5-13(15)14(6-2)16(3,4)12-10-8-7-9-11-12/h7-11,14H,5-6H2,1-4H3/t14-/m0/s1. The largest absolute Gasteiger partial charge is 0.300 e. The van der Waals surface area contributed by atoms with Crippen molar-refractivity contribution in [2.24, 2.45) is 0 Å². The summed E-state index contributed by atoms with van der Waals surface area (Å²) in [5, 5.41) is 1.39. The van der Waals surface area contributed by atoms with Crippen LogP contribution in [-0.2, 0) is 4.79 Å². The summed E-state index contributed by atoms with van der Waals surface area (Å²) < 4.78 is 0. The Morgan fingerprint density at radius 2 is 1.75 bits per heavy atom. The summed E-state index contributed by atoms with van der Waals surface area (Å²) in [4.78, 5) is 12.0. The van der Waals surface area contributed by atoms with E-state index in [9.17, 15) is 4.79 Å². The number of hydrogen-bond donors (Lipinski definition) is 0. The van der Waals surface area contributed by atoms with Crippen LogP contribution in [0.5, 0.6) is 0 Å². The maximum atomic E-state index is 12.0. The summed E-state index contributed by atoms with van der Waals surface area (Å²) in [6.45, 7) is 8.73. The molecule has 0 N–H and O–H groups in total. The topological polar surface area (TPSA) is 17.1 Å². The molecule has 0 saturated heterocycles. The predicted molar refractivity (Wildman–Crippen MR) is 72.9 cm³/mol. The monoisotopic (exact) mass is 234 g/mol. The zero-order valence-electron chi connectivity index (χ0n) is 10.8. The summed E-state index contributed by atoms with van der Waals surface area (Å²) in [5.41, 5.74) is 0.264. The molecule has 0 saturated carbocycles. The molecule has 0 aliphatic carbocycles. The molecule has 88 valence electrons. The van der Waals surface area contributed by atoms with Gasteiger partial charge in [0.15, 0.2) is 0 Å². The Labute approximate surface area is 99.9 Å². The highest BCUT2D eigenvalue weighted by Crippen LogP contribution is 2.27. The molecule has 0 unspecified atom stereocenters. The van der Waals surface area contributed by atoms with Crippen molar-refractivity contribution >= 4 is 19.0 Å². The highest BCUT2D eigenvalue weighted by atomic mass is 28.3. The lowest BCUT2D eigenvalue weighted by molar-refractivity contribution is -0.118. The molecule has 16 heavy (non-hydrogen) atoms. The molecule has 0 heterocycles. The maximum Gasteiger partial charge on any atom is 0.133 e. The fraction of sp³-hybridized carbons (Fsp3) is 0.500. The average Bonchev–Trinajstić information content (AvgIpc) is 2.30. The van der Waals surface area contributed by atoms with Crippen molar-refractivity contribution in [3.05, 3.63) is 30.3 Å². The zero-order chi connectivity index (χ0) is 12.2. The summed E-state index contributed by atoms with van der Waals surface area (Å²) in [5.74, 6) is 0.433. The Kier molecular flexibility index (Phi) is 4.48. The van der Waals surface area contributed by atoms with Crippen molar-refractivity contribution < 1.29 is 4.79 Å². The van der Waals surface area contributed by atoms with Crippen LogP contribution in [0.15, 0.2) is 30.3 Å². The smallest absolute Gasteiger partial charge is 0.133 e. The van der Waals surface area contributed by atoms with Crippen molar-refractivity contribution in [2.45, 2.75) is 45.3 Å². The number of benzene rings is 1. The fourth-order valence-electron chi connectivity index (χ4n) is 2.46. The summed E-state index contributed by atoms with van der Waals surface area (Å²) >= 11 is 0. The van der Waals surface area contributed by atoms with E-state index in [1.54, 1.807) is 0 Å². The first-order chi connectivity index (χ1) is 7.54. The highest BCUT2D eigenvalue weighted by molar-refractivity contribution is 6.93. The van der Waals surface area contributed by atoms with Crippen LogP contribution in [0, 0.1) is 0 Å². The first-order valence-electron chi connectivity index (χ1n) is 6.12. The second-order valence-corrected chi connectivity index (χ2v) is 9.59. The molecule has 0 aliphatic heterocycles. The van der Waals surface area contributed by atoms with Gasteiger partial charge in [0, 0.05) is 12.0 Å². The van der Waals surface area contributed by atoms with Crippen LogP contribution in [0.25, 0.3) is 0 Å². The lowest BCUT2D eigenvalue weighted by Gasteiger charge is -2.31. The molecule has 1 nitrogen and oxygen atoms in total. The molecule has 1 aromatic carbocycles. The molecule has 0 fully saturated rings. The minimum atomic E-state index is -1.64. The van der Waals surface area contributed by atoms with Gasteiger partial charge in [0.25, 0.3) is 0 Å². The predicted octanol–water partition coefficient (Wildman–Crippen LogP) is 3.36. The molecule has 0 bridgehead atoms. The number of rotatable bonds is 5. The Morgan fingerprint density at radius 1 is 1.19 bits per heavy atom. The number of hydrogen-bond acceptors (Lipinski definition) is 1. The van der Waals surface area contributed by atoms with E-state index in [0.717, 1.165) is 6.42 Å². The Morgan fingerprint density at radius 3 is 2.19 bits per heavy atom. The highest BCUT2D eigenvalue weighted by Gasteiger charge is 2.36. The number of carbonyl (C=O) groups excluding carboxylic acids is 1.